The quantitative estimate of drug-likeness (QED) is 0.508. The molecule has 0 aliphatic carbocycles. The van der Waals surface area contributed by atoms with Crippen molar-refractivity contribution in [3.05, 3.63) is 51.0 Å². The van der Waals surface area contributed by atoms with Gasteiger partial charge in [0.2, 0.25) is 0 Å². The molecule has 0 fully saturated rings. The molecule has 7 heteroatoms. The average Bonchev–Trinajstić information content (AvgIpc) is 2.42. The van der Waals surface area contributed by atoms with Gasteiger partial charge in [-0.15, -0.1) is 0 Å². The van der Waals surface area contributed by atoms with E-state index in [9.17, 15) is 10.1 Å². The van der Waals surface area contributed by atoms with Crippen molar-refractivity contribution in [2.75, 3.05) is 18.2 Å². The van der Waals surface area contributed by atoms with E-state index in [0.29, 0.717) is 27.8 Å². The average molecular weight is 308 g/mol. The zero-order valence-corrected chi connectivity index (χ0v) is 12.3. The van der Waals surface area contributed by atoms with Crippen LogP contribution in [-0.2, 0) is 0 Å². The third-order valence-electron chi connectivity index (χ3n) is 2.91. The van der Waals surface area contributed by atoms with E-state index in [1.165, 1.54) is 19.2 Å². The Kier molecular flexibility index (Phi) is 4.18. The minimum absolute atomic E-state index is 0.0813. The van der Waals surface area contributed by atoms with Gasteiger partial charge in [-0.1, -0.05) is 11.6 Å². The third kappa shape index (κ3) is 3.35. The van der Waals surface area contributed by atoms with E-state index >= 15 is 0 Å². The molecule has 0 aliphatic heterocycles. The topological polar surface area (TPSA) is 90.4 Å². The van der Waals surface area contributed by atoms with Gasteiger partial charge in [0.15, 0.2) is 0 Å². The number of nitro groups is 1. The summed E-state index contributed by atoms with van der Waals surface area (Å²) in [6, 6.07) is 7.79. The molecule has 0 spiro atoms. The van der Waals surface area contributed by atoms with Crippen LogP contribution in [-0.4, -0.2) is 12.0 Å². The van der Waals surface area contributed by atoms with Crippen molar-refractivity contribution in [1.82, 2.24) is 0 Å². The Morgan fingerprint density at radius 3 is 2.62 bits per heavy atom. The maximum Gasteiger partial charge on any atom is 0.273 e. The summed E-state index contributed by atoms with van der Waals surface area (Å²) in [5, 5.41) is 14.5. The van der Waals surface area contributed by atoms with Crippen LogP contribution in [0.5, 0.6) is 5.75 Å². The Morgan fingerprint density at radius 2 is 2.00 bits per heavy atom. The molecule has 0 saturated heterocycles. The summed E-state index contributed by atoms with van der Waals surface area (Å²) < 4.78 is 5.25. The molecule has 2 aromatic carbocycles. The molecule has 2 rings (SSSR count). The largest absolute Gasteiger partial charge is 0.495 e. The summed E-state index contributed by atoms with van der Waals surface area (Å²) >= 11 is 6.04. The number of aryl methyl sites for hydroxylation is 1. The second-order valence-corrected chi connectivity index (χ2v) is 4.90. The lowest BCUT2D eigenvalue weighted by Gasteiger charge is -2.13. The molecule has 3 N–H and O–H groups in total. The van der Waals surface area contributed by atoms with Crippen molar-refractivity contribution in [2.45, 2.75) is 6.92 Å². The van der Waals surface area contributed by atoms with Gasteiger partial charge in [0.1, 0.15) is 5.75 Å². The van der Waals surface area contributed by atoms with Gasteiger partial charge in [-0.25, -0.2) is 0 Å². The number of hydrogen-bond acceptors (Lipinski definition) is 5. The molecule has 0 amide bonds. The van der Waals surface area contributed by atoms with Gasteiger partial charge in [0, 0.05) is 34.6 Å². The highest BCUT2D eigenvalue weighted by molar-refractivity contribution is 6.31. The van der Waals surface area contributed by atoms with Crippen LogP contribution in [0.15, 0.2) is 30.3 Å². The normalized spacial score (nSPS) is 10.2. The predicted octanol–water partition coefficient (Wildman–Crippen LogP) is 3.89. The number of nitrogens with one attached hydrogen (secondary N) is 1. The molecule has 6 nitrogen and oxygen atoms in total. The highest BCUT2D eigenvalue weighted by Crippen LogP contribution is 2.34. The van der Waals surface area contributed by atoms with Gasteiger partial charge < -0.3 is 15.8 Å². The minimum atomic E-state index is -0.494. The smallest absolute Gasteiger partial charge is 0.273 e. The number of non-ortho nitro benzene ring substituents is 1. The number of halogens is 1. The molecule has 0 heterocycles. The van der Waals surface area contributed by atoms with E-state index in [0.717, 1.165) is 5.56 Å². The number of hydrogen-bond donors (Lipinski definition) is 2. The van der Waals surface area contributed by atoms with Crippen LogP contribution in [0, 0.1) is 17.0 Å². The van der Waals surface area contributed by atoms with Crippen LogP contribution in [0.2, 0.25) is 5.02 Å². The fourth-order valence-corrected chi connectivity index (χ4v) is 2.05. The summed E-state index contributed by atoms with van der Waals surface area (Å²) in [5.74, 6) is 0.538. The van der Waals surface area contributed by atoms with E-state index in [-0.39, 0.29) is 5.69 Å². The van der Waals surface area contributed by atoms with E-state index in [2.05, 4.69) is 5.32 Å². The summed E-state index contributed by atoms with van der Waals surface area (Å²) in [6.45, 7) is 1.86. The summed E-state index contributed by atoms with van der Waals surface area (Å²) in [5.41, 5.74) is 7.91. The standard InChI is InChI=1S/C14H14ClN3O3/c1-8-3-13(14(21-2)7-12(8)15)17-10-4-9(16)5-11(6-10)18(19)20/h3-7,17H,16H2,1-2H3. The Labute approximate surface area is 126 Å². The first kappa shape index (κ1) is 14.9. The van der Waals surface area contributed by atoms with Gasteiger partial charge in [-0.3, -0.25) is 10.1 Å². The lowest BCUT2D eigenvalue weighted by Crippen LogP contribution is -1.98. The van der Waals surface area contributed by atoms with E-state index in [1.807, 2.05) is 6.92 Å². The fourth-order valence-electron chi connectivity index (χ4n) is 1.90. The Morgan fingerprint density at radius 1 is 1.29 bits per heavy atom. The number of methoxy groups -OCH3 is 1. The molecule has 0 atom stereocenters. The molecular formula is C14H14ClN3O3. The van der Waals surface area contributed by atoms with E-state index in [4.69, 9.17) is 22.1 Å². The maximum absolute atomic E-state index is 10.9. The zero-order valence-electron chi connectivity index (χ0n) is 11.5. The molecule has 0 aromatic heterocycles. The Hall–Kier alpha value is -2.47. The maximum atomic E-state index is 10.9. The molecule has 110 valence electrons. The number of ether oxygens (including phenoxy) is 1. The fraction of sp³-hybridized carbons (Fsp3) is 0.143. The van der Waals surface area contributed by atoms with Crippen molar-refractivity contribution < 1.29 is 9.66 Å². The van der Waals surface area contributed by atoms with Crippen LogP contribution < -0.4 is 15.8 Å². The van der Waals surface area contributed by atoms with Gasteiger partial charge in [-0.05, 0) is 24.6 Å². The lowest BCUT2D eigenvalue weighted by atomic mass is 10.2. The number of nitro benzene ring substituents is 1. The van der Waals surface area contributed by atoms with Crippen molar-refractivity contribution >= 4 is 34.4 Å². The van der Waals surface area contributed by atoms with Crippen LogP contribution in [0.4, 0.5) is 22.7 Å². The number of nitrogen functional groups attached to an aromatic ring is 1. The number of rotatable bonds is 4. The summed E-state index contributed by atoms with van der Waals surface area (Å²) in [6.07, 6.45) is 0. The second-order valence-electron chi connectivity index (χ2n) is 4.50. The molecule has 2 aromatic rings. The summed E-state index contributed by atoms with van der Waals surface area (Å²) in [7, 11) is 1.52. The second kappa shape index (κ2) is 5.88. The number of benzene rings is 2. The van der Waals surface area contributed by atoms with Crippen molar-refractivity contribution in [3.63, 3.8) is 0 Å². The van der Waals surface area contributed by atoms with Gasteiger partial charge in [0.25, 0.3) is 5.69 Å². The van der Waals surface area contributed by atoms with Crippen LogP contribution in [0.3, 0.4) is 0 Å². The SMILES string of the molecule is COc1cc(Cl)c(C)cc1Nc1cc(N)cc([N+](=O)[O-])c1. The van der Waals surface area contributed by atoms with Crippen LogP contribution in [0.1, 0.15) is 5.56 Å². The first-order valence-corrected chi connectivity index (χ1v) is 6.44. The summed E-state index contributed by atoms with van der Waals surface area (Å²) in [4.78, 5) is 10.4. The molecular weight excluding hydrogens is 294 g/mol. The minimum Gasteiger partial charge on any atom is -0.495 e. The Bertz CT molecular complexity index is 704. The molecule has 0 radical (unpaired) electrons. The molecule has 0 bridgehead atoms. The predicted molar refractivity (Wildman–Crippen MR) is 83.5 cm³/mol. The van der Waals surface area contributed by atoms with Crippen LogP contribution in [0.25, 0.3) is 0 Å². The molecule has 0 saturated carbocycles. The number of nitrogens with two attached hydrogens (primary N) is 1. The third-order valence-corrected chi connectivity index (χ3v) is 3.32. The molecule has 0 aliphatic rings. The van der Waals surface area contributed by atoms with E-state index in [1.54, 1.807) is 18.2 Å². The van der Waals surface area contributed by atoms with Gasteiger partial charge in [-0.2, -0.15) is 0 Å². The highest BCUT2D eigenvalue weighted by atomic mass is 35.5. The number of nitrogens with zero attached hydrogens (tertiary/aromatic N) is 1. The first-order chi connectivity index (χ1) is 9.90. The van der Waals surface area contributed by atoms with Crippen molar-refractivity contribution in [2.24, 2.45) is 0 Å². The molecule has 0 unspecified atom stereocenters. The Balaban J connectivity index is 2.42. The highest BCUT2D eigenvalue weighted by Gasteiger charge is 2.11. The van der Waals surface area contributed by atoms with E-state index < -0.39 is 4.92 Å². The van der Waals surface area contributed by atoms with Gasteiger partial charge in [0.05, 0.1) is 17.7 Å². The van der Waals surface area contributed by atoms with Gasteiger partial charge >= 0.3 is 0 Å². The lowest BCUT2D eigenvalue weighted by molar-refractivity contribution is -0.384. The molecule has 21 heavy (non-hydrogen) atoms. The number of anilines is 3. The monoisotopic (exact) mass is 307 g/mol. The first-order valence-electron chi connectivity index (χ1n) is 6.07. The van der Waals surface area contributed by atoms with Crippen LogP contribution >= 0.6 is 11.6 Å². The van der Waals surface area contributed by atoms with Crippen molar-refractivity contribution in [1.29, 1.82) is 0 Å². The zero-order chi connectivity index (χ0) is 15.6. The van der Waals surface area contributed by atoms with Crippen molar-refractivity contribution in [3.8, 4) is 5.75 Å².